The van der Waals surface area contributed by atoms with E-state index in [0.29, 0.717) is 23.1 Å². The number of methoxy groups -OCH3 is 1. The summed E-state index contributed by atoms with van der Waals surface area (Å²) < 4.78 is 148. The maximum atomic E-state index is 14.0. The van der Waals surface area contributed by atoms with E-state index in [-0.39, 0.29) is 25.4 Å². The number of ether oxygens (including phenoxy) is 2. The molecule has 0 aromatic heterocycles. The highest BCUT2D eigenvalue weighted by molar-refractivity contribution is 7.87. The Morgan fingerprint density at radius 1 is 0.897 bits per heavy atom. The van der Waals surface area contributed by atoms with E-state index in [4.69, 9.17) is 9.47 Å². The molecule has 0 bridgehead atoms. The fourth-order valence-electron chi connectivity index (χ4n) is 4.21. The molecule has 0 amide bonds. The van der Waals surface area contributed by atoms with Crippen LogP contribution in [0.15, 0.2) is 41.3 Å². The van der Waals surface area contributed by atoms with Gasteiger partial charge in [-0.2, -0.15) is 30.4 Å². The first kappa shape index (κ1) is 28.6. The van der Waals surface area contributed by atoms with E-state index in [1.165, 1.54) is 19.2 Å². The number of benzene rings is 3. The van der Waals surface area contributed by atoms with Crippen LogP contribution in [-0.2, 0) is 27.5 Å². The van der Waals surface area contributed by atoms with Gasteiger partial charge in [-0.25, -0.2) is 13.2 Å². The van der Waals surface area contributed by atoms with Gasteiger partial charge in [0.25, 0.3) is 0 Å². The lowest BCUT2D eigenvalue weighted by Crippen LogP contribution is -2.19. The first-order valence-electron chi connectivity index (χ1n) is 11.2. The van der Waals surface area contributed by atoms with Crippen molar-refractivity contribution in [3.05, 3.63) is 87.7 Å². The van der Waals surface area contributed by atoms with Crippen LogP contribution in [0, 0.1) is 29.1 Å². The van der Waals surface area contributed by atoms with Crippen LogP contribution >= 0.6 is 0 Å². The van der Waals surface area contributed by atoms with Gasteiger partial charge in [0, 0.05) is 24.7 Å². The number of fused-ring (bicyclic) bond motifs is 1. The van der Waals surface area contributed by atoms with Crippen molar-refractivity contribution in [1.82, 2.24) is 0 Å². The Hall–Kier alpha value is -3.39. The number of rotatable bonds is 7. The zero-order chi connectivity index (χ0) is 28.7. The summed E-state index contributed by atoms with van der Waals surface area (Å²) in [5.41, 5.74) is 0.431. The van der Waals surface area contributed by atoms with E-state index < -0.39 is 67.5 Å². The monoisotopic (exact) mass is 582 g/mol. The van der Waals surface area contributed by atoms with E-state index in [0.717, 1.165) is 24.3 Å². The molecule has 0 unspecified atom stereocenters. The molecule has 5 nitrogen and oxygen atoms in total. The zero-order valence-electron chi connectivity index (χ0n) is 19.8. The molecule has 1 aliphatic rings. The topological polar surface area (TPSA) is 61.8 Å². The van der Waals surface area contributed by atoms with Gasteiger partial charge >= 0.3 is 16.3 Å². The third-order valence-electron chi connectivity index (χ3n) is 6.10. The molecular weight excluding hydrogens is 564 g/mol. The van der Waals surface area contributed by atoms with E-state index in [1.807, 2.05) is 0 Å². The highest BCUT2D eigenvalue weighted by atomic mass is 32.2. The molecule has 3 aromatic rings. The number of hydrogen-bond acceptors (Lipinski definition) is 5. The molecule has 0 N–H and O–H groups in total. The lowest BCUT2D eigenvalue weighted by Gasteiger charge is -2.28. The van der Waals surface area contributed by atoms with Gasteiger partial charge in [-0.1, -0.05) is 12.1 Å². The van der Waals surface area contributed by atoms with Crippen LogP contribution < -0.4 is 8.92 Å². The molecule has 210 valence electrons. The number of halogens is 8. The normalized spacial score (nSPS) is 15.6. The lowest BCUT2D eigenvalue weighted by atomic mass is 9.83. The van der Waals surface area contributed by atoms with Gasteiger partial charge in [-0.15, -0.1) is 0 Å². The van der Waals surface area contributed by atoms with Crippen molar-refractivity contribution < 1.29 is 57.2 Å². The maximum absolute atomic E-state index is 14.0. The van der Waals surface area contributed by atoms with Gasteiger partial charge in [0.2, 0.25) is 34.8 Å². The summed E-state index contributed by atoms with van der Waals surface area (Å²) in [5.74, 6) is -14.8. The quantitative estimate of drug-likeness (QED) is 0.142. The van der Waals surface area contributed by atoms with Crippen LogP contribution in [0.2, 0.25) is 0 Å². The Bertz CT molecular complexity index is 1490. The average Bonchev–Trinajstić information content (AvgIpc) is 2.90. The third-order valence-corrected chi connectivity index (χ3v) is 7.31. The van der Waals surface area contributed by atoms with Crippen LogP contribution in [-0.4, -0.2) is 28.7 Å². The second-order valence-electron chi connectivity index (χ2n) is 8.48. The summed E-state index contributed by atoms with van der Waals surface area (Å²) in [6.45, 7) is 0.168. The highest BCUT2D eigenvalue weighted by Gasteiger charge is 2.34. The molecule has 1 heterocycles. The van der Waals surface area contributed by atoms with Crippen molar-refractivity contribution in [3.8, 4) is 11.5 Å². The fraction of sp³-hybridized carbons (Fsp3) is 0.280. The van der Waals surface area contributed by atoms with E-state index >= 15 is 0 Å². The summed E-state index contributed by atoms with van der Waals surface area (Å²) in [6.07, 6.45) is -4.09. The van der Waals surface area contributed by atoms with Crippen LogP contribution in [0.25, 0.3) is 0 Å². The van der Waals surface area contributed by atoms with Crippen molar-refractivity contribution in [2.45, 2.75) is 29.8 Å². The standard InChI is InChI=1S/C25H18F8O5S/c1-36-8-6-12-10-13(25(31,32)33)2-4-15(12)16-7-9-37-18-11-14(3-5-17(16)18)39(34,35)38-24-22(29)20(27)19(26)21(28)23(24)30/h2-5,10-11,16H,6-9H2,1H3/t16-/m1/s1. The predicted molar refractivity (Wildman–Crippen MR) is 119 cm³/mol. The molecule has 0 saturated carbocycles. The Kier molecular flexibility index (Phi) is 7.81. The second kappa shape index (κ2) is 10.6. The average molecular weight is 582 g/mol. The second-order valence-corrected chi connectivity index (χ2v) is 10.0. The molecule has 0 spiro atoms. The van der Waals surface area contributed by atoms with Crippen molar-refractivity contribution >= 4 is 10.1 Å². The van der Waals surface area contributed by atoms with Crippen molar-refractivity contribution in [2.75, 3.05) is 20.3 Å². The Balaban J connectivity index is 1.72. The van der Waals surface area contributed by atoms with Gasteiger partial charge < -0.3 is 13.7 Å². The van der Waals surface area contributed by atoms with Gasteiger partial charge in [0.15, 0.2) is 0 Å². The predicted octanol–water partition coefficient (Wildman–Crippen LogP) is 6.27. The minimum atomic E-state index is -5.12. The molecule has 0 aliphatic carbocycles. The number of hydrogen-bond donors (Lipinski definition) is 0. The minimum absolute atomic E-state index is 0.0223. The van der Waals surface area contributed by atoms with Crippen LogP contribution in [0.5, 0.6) is 11.5 Å². The molecule has 1 atom stereocenters. The molecule has 0 radical (unpaired) electrons. The van der Waals surface area contributed by atoms with Gasteiger partial charge in [0.05, 0.1) is 18.8 Å². The van der Waals surface area contributed by atoms with Gasteiger partial charge in [0.1, 0.15) is 10.6 Å². The smallest absolute Gasteiger partial charge is 0.416 e. The third kappa shape index (κ3) is 5.53. The number of alkyl halides is 3. The minimum Gasteiger partial charge on any atom is -0.493 e. The Morgan fingerprint density at radius 3 is 2.13 bits per heavy atom. The van der Waals surface area contributed by atoms with Crippen LogP contribution in [0.4, 0.5) is 35.1 Å². The summed E-state index contributed by atoms with van der Waals surface area (Å²) in [6, 6.07) is 6.43. The first-order chi connectivity index (χ1) is 18.3. The van der Waals surface area contributed by atoms with Crippen molar-refractivity contribution in [3.63, 3.8) is 0 Å². The summed E-state index contributed by atoms with van der Waals surface area (Å²) >= 11 is 0. The first-order valence-corrected chi connectivity index (χ1v) is 12.6. The molecule has 14 heteroatoms. The molecular formula is C25H18F8O5S. The SMILES string of the molecule is COCCc1cc(C(F)(F)F)ccc1[C@H]1CCOc2cc(S(=O)(=O)Oc3c(F)c(F)c(F)c(F)c3F)ccc21. The summed E-state index contributed by atoms with van der Waals surface area (Å²) in [4.78, 5) is -0.724. The lowest BCUT2D eigenvalue weighted by molar-refractivity contribution is -0.137. The van der Waals surface area contributed by atoms with Gasteiger partial charge in [-0.05, 0) is 42.2 Å². The molecule has 3 aromatic carbocycles. The van der Waals surface area contributed by atoms with Crippen molar-refractivity contribution in [1.29, 1.82) is 0 Å². The van der Waals surface area contributed by atoms with Crippen molar-refractivity contribution in [2.24, 2.45) is 0 Å². The maximum Gasteiger partial charge on any atom is 0.416 e. The van der Waals surface area contributed by atoms with E-state index in [1.54, 1.807) is 0 Å². The van der Waals surface area contributed by atoms with E-state index in [2.05, 4.69) is 4.18 Å². The molecule has 4 rings (SSSR count). The highest BCUT2D eigenvalue weighted by Crippen LogP contribution is 2.42. The molecule has 1 aliphatic heterocycles. The Labute approximate surface area is 217 Å². The summed E-state index contributed by atoms with van der Waals surface area (Å²) in [7, 11) is -3.72. The zero-order valence-corrected chi connectivity index (χ0v) is 20.7. The molecule has 0 saturated heterocycles. The Morgan fingerprint density at radius 2 is 1.51 bits per heavy atom. The van der Waals surface area contributed by atoms with Crippen LogP contribution in [0.3, 0.4) is 0 Å². The van der Waals surface area contributed by atoms with Gasteiger partial charge in [-0.3, -0.25) is 0 Å². The largest absolute Gasteiger partial charge is 0.493 e. The fourth-order valence-corrected chi connectivity index (χ4v) is 5.16. The summed E-state index contributed by atoms with van der Waals surface area (Å²) in [5, 5.41) is 0. The molecule has 39 heavy (non-hydrogen) atoms. The molecule has 0 fully saturated rings. The van der Waals surface area contributed by atoms with Crippen LogP contribution in [0.1, 0.15) is 34.6 Å². The van der Waals surface area contributed by atoms with E-state index in [9.17, 15) is 43.5 Å².